The predicted octanol–water partition coefficient (Wildman–Crippen LogP) is 4.61. The first-order valence-electron chi connectivity index (χ1n) is 12.5. The smallest absolute Gasteiger partial charge is 0.408 e. The van der Waals surface area contributed by atoms with E-state index < -0.39 is 41.6 Å². The molecule has 0 saturated carbocycles. The molecule has 2 amide bonds. The Bertz CT molecular complexity index is 1290. The van der Waals surface area contributed by atoms with E-state index in [1.54, 1.807) is 45.2 Å². The second-order valence-electron chi connectivity index (χ2n) is 10.1. The van der Waals surface area contributed by atoms with Crippen molar-refractivity contribution in [1.82, 2.24) is 20.2 Å². The van der Waals surface area contributed by atoms with Crippen LogP contribution in [0.3, 0.4) is 0 Å². The molecule has 38 heavy (non-hydrogen) atoms. The quantitative estimate of drug-likeness (QED) is 0.382. The molecule has 0 spiro atoms. The van der Waals surface area contributed by atoms with Gasteiger partial charge in [0.2, 0.25) is 5.91 Å². The van der Waals surface area contributed by atoms with Crippen LogP contribution in [0.5, 0.6) is 0 Å². The summed E-state index contributed by atoms with van der Waals surface area (Å²) >= 11 is 6.29. The summed E-state index contributed by atoms with van der Waals surface area (Å²) < 4.78 is 12.5. The van der Waals surface area contributed by atoms with Crippen molar-refractivity contribution in [3.63, 3.8) is 0 Å². The largest absolute Gasteiger partial charge is 0.467 e. The van der Waals surface area contributed by atoms with Crippen molar-refractivity contribution >= 4 is 40.5 Å². The molecule has 204 valence electrons. The fourth-order valence-electron chi connectivity index (χ4n) is 4.26. The third-order valence-corrected chi connectivity index (χ3v) is 6.34. The van der Waals surface area contributed by atoms with Crippen LogP contribution >= 0.6 is 11.6 Å². The summed E-state index contributed by atoms with van der Waals surface area (Å²) in [6.45, 7) is 9.77. The number of alkyl carbamates (subject to hydrolysis) is 1. The van der Waals surface area contributed by atoms with Gasteiger partial charge in [0, 0.05) is 52.9 Å². The zero-order valence-corrected chi connectivity index (χ0v) is 23.3. The average Bonchev–Trinajstić information content (AvgIpc) is 3.23. The standard InChI is InChI=1S/C28H35ClN4O5/c1-7-33-16-21(20-14-18(29)11-12-23(20)33)17(2)24(26(35)37-6)32-25(34)22(15-19-10-8-9-13-30-19)31-27(36)38-28(3,4)5/h8-14,16-17,22,24H,7,15H2,1-6H3,(H,31,36)(H,32,34)/t17-,22-,24-/m1/s1. The van der Waals surface area contributed by atoms with E-state index >= 15 is 0 Å². The lowest BCUT2D eigenvalue weighted by Gasteiger charge is -2.27. The minimum atomic E-state index is -1.05. The Morgan fingerprint density at radius 1 is 1.13 bits per heavy atom. The molecule has 0 unspecified atom stereocenters. The Morgan fingerprint density at radius 3 is 2.47 bits per heavy atom. The number of benzene rings is 1. The van der Waals surface area contributed by atoms with E-state index in [1.807, 2.05) is 38.2 Å². The number of esters is 1. The minimum absolute atomic E-state index is 0.0962. The minimum Gasteiger partial charge on any atom is -0.467 e. The van der Waals surface area contributed by atoms with Gasteiger partial charge in [0.05, 0.1) is 7.11 Å². The van der Waals surface area contributed by atoms with E-state index in [0.29, 0.717) is 17.3 Å². The van der Waals surface area contributed by atoms with Gasteiger partial charge in [0.15, 0.2) is 0 Å². The predicted molar refractivity (Wildman–Crippen MR) is 146 cm³/mol. The van der Waals surface area contributed by atoms with Crippen LogP contribution in [0.2, 0.25) is 5.02 Å². The maximum absolute atomic E-state index is 13.6. The lowest BCUT2D eigenvalue weighted by molar-refractivity contribution is -0.145. The number of ether oxygens (including phenoxy) is 2. The van der Waals surface area contributed by atoms with Gasteiger partial charge in [-0.3, -0.25) is 9.78 Å². The summed E-state index contributed by atoms with van der Waals surface area (Å²) in [7, 11) is 1.27. The number of carbonyl (C=O) groups is 3. The van der Waals surface area contributed by atoms with Crippen molar-refractivity contribution in [3.8, 4) is 0 Å². The van der Waals surface area contributed by atoms with Crippen molar-refractivity contribution in [3.05, 3.63) is 65.1 Å². The fourth-order valence-corrected chi connectivity index (χ4v) is 4.43. The number of methoxy groups -OCH3 is 1. The number of carbonyl (C=O) groups excluding carboxylic acids is 3. The second-order valence-corrected chi connectivity index (χ2v) is 10.5. The van der Waals surface area contributed by atoms with Crippen LogP contribution < -0.4 is 10.6 Å². The molecule has 0 aliphatic heterocycles. The van der Waals surface area contributed by atoms with Gasteiger partial charge in [0.25, 0.3) is 0 Å². The molecule has 0 saturated heterocycles. The van der Waals surface area contributed by atoms with Crippen molar-refractivity contribution in [2.45, 2.75) is 71.2 Å². The normalized spacial score (nSPS) is 13.9. The van der Waals surface area contributed by atoms with Gasteiger partial charge in [-0.15, -0.1) is 0 Å². The lowest BCUT2D eigenvalue weighted by Crippen LogP contribution is -2.54. The third-order valence-electron chi connectivity index (χ3n) is 6.10. The summed E-state index contributed by atoms with van der Waals surface area (Å²) in [6, 6.07) is 8.80. The molecule has 2 aromatic heterocycles. The maximum Gasteiger partial charge on any atom is 0.408 e. The average molecular weight is 543 g/mol. The summed E-state index contributed by atoms with van der Waals surface area (Å²) in [4.78, 5) is 43.3. The third kappa shape index (κ3) is 7.25. The molecule has 2 heterocycles. The van der Waals surface area contributed by atoms with Crippen molar-refractivity contribution in [2.24, 2.45) is 0 Å². The van der Waals surface area contributed by atoms with Gasteiger partial charge in [0.1, 0.15) is 17.7 Å². The van der Waals surface area contributed by atoms with E-state index in [9.17, 15) is 14.4 Å². The van der Waals surface area contributed by atoms with Crippen LogP contribution in [-0.2, 0) is 32.0 Å². The van der Waals surface area contributed by atoms with Crippen LogP contribution in [0.15, 0.2) is 48.8 Å². The van der Waals surface area contributed by atoms with E-state index in [2.05, 4.69) is 20.2 Å². The number of hydrogen-bond acceptors (Lipinski definition) is 6. The molecule has 0 fully saturated rings. The van der Waals surface area contributed by atoms with E-state index in [1.165, 1.54) is 7.11 Å². The van der Waals surface area contributed by atoms with Crippen molar-refractivity contribution in [2.75, 3.05) is 7.11 Å². The number of aryl methyl sites for hydroxylation is 1. The number of fused-ring (bicyclic) bond motifs is 1. The van der Waals surface area contributed by atoms with Gasteiger partial charge >= 0.3 is 12.1 Å². The SMILES string of the molecule is CCn1cc([C@@H](C)[C@@H](NC(=O)[C@@H](Cc2ccccn2)NC(=O)OC(C)(C)C)C(=O)OC)c2cc(Cl)ccc21. The van der Waals surface area contributed by atoms with Crippen molar-refractivity contribution in [1.29, 1.82) is 0 Å². The molecular weight excluding hydrogens is 508 g/mol. The van der Waals surface area contributed by atoms with Crippen LogP contribution in [0.1, 0.15) is 51.8 Å². The van der Waals surface area contributed by atoms with Gasteiger partial charge in [-0.05, 0) is 63.6 Å². The zero-order chi connectivity index (χ0) is 28.0. The number of aromatic nitrogens is 2. The summed E-state index contributed by atoms with van der Waals surface area (Å²) in [5.41, 5.74) is 1.63. The molecular formula is C28H35ClN4O5. The Labute approximate surface area is 227 Å². The van der Waals surface area contributed by atoms with Gasteiger partial charge < -0.3 is 24.7 Å². The van der Waals surface area contributed by atoms with E-state index in [0.717, 1.165) is 16.5 Å². The highest BCUT2D eigenvalue weighted by atomic mass is 35.5. The molecule has 0 aliphatic carbocycles. The first kappa shape index (κ1) is 29.0. The van der Waals surface area contributed by atoms with Crippen LogP contribution in [-0.4, -0.2) is 52.3 Å². The highest BCUT2D eigenvalue weighted by molar-refractivity contribution is 6.31. The number of nitrogens with zero attached hydrogens (tertiary/aromatic N) is 2. The van der Waals surface area contributed by atoms with Crippen molar-refractivity contribution < 1.29 is 23.9 Å². The fraction of sp³-hybridized carbons (Fsp3) is 0.429. The summed E-state index contributed by atoms with van der Waals surface area (Å²) in [5, 5.41) is 6.88. The highest BCUT2D eigenvalue weighted by Crippen LogP contribution is 2.32. The number of hydrogen-bond donors (Lipinski definition) is 2. The first-order valence-corrected chi connectivity index (χ1v) is 12.9. The highest BCUT2D eigenvalue weighted by Gasteiger charge is 2.34. The topological polar surface area (TPSA) is 112 Å². The molecule has 0 radical (unpaired) electrons. The molecule has 9 nitrogen and oxygen atoms in total. The van der Waals surface area contributed by atoms with Crippen LogP contribution in [0.25, 0.3) is 10.9 Å². The van der Waals surface area contributed by atoms with Gasteiger partial charge in [-0.1, -0.05) is 24.6 Å². The Balaban J connectivity index is 1.92. The number of halogens is 1. The molecule has 2 N–H and O–H groups in total. The lowest BCUT2D eigenvalue weighted by atomic mass is 9.92. The van der Waals surface area contributed by atoms with Crippen LogP contribution in [0, 0.1) is 0 Å². The second kappa shape index (κ2) is 12.3. The molecule has 3 atom stereocenters. The summed E-state index contributed by atoms with van der Waals surface area (Å²) in [6.07, 6.45) is 2.90. The molecule has 0 bridgehead atoms. The first-order chi connectivity index (χ1) is 17.9. The monoisotopic (exact) mass is 542 g/mol. The van der Waals surface area contributed by atoms with Gasteiger partial charge in [-0.25, -0.2) is 9.59 Å². The zero-order valence-electron chi connectivity index (χ0n) is 22.6. The van der Waals surface area contributed by atoms with E-state index in [-0.39, 0.29) is 6.42 Å². The Kier molecular flexibility index (Phi) is 9.38. The molecule has 3 rings (SSSR count). The Morgan fingerprint density at radius 2 is 1.87 bits per heavy atom. The number of pyridine rings is 1. The molecule has 10 heteroatoms. The maximum atomic E-state index is 13.6. The number of nitrogens with one attached hydrogen (secondary N) is 2. The molecule has 0 aliphatic rings. The number of amides is 2. The van der Waals surface area contributed by atoms with Crippen LogP contribution in [0.4, 0.5) is 4.79 Å². The molecule has 3 aromatic rings. The van der Waals surface area contributed by atoms with Gasteiger partial charge in [-0.2, -0.15) is 0 Å². The van der Waals surface area contributed by atoms with E-state index in [4.69, 9.17) is 21.1 Å². The number of rotatable bonds is 9. The Hall–Kier alpha value is -3.59. The summed E-state index contributed by atoms with van der Waals surface area (Å²) in [5.74, 6) is -1.66. The molecule has 1 aromatic carbocycles.